The third kappa shape index (κ3) is 2.30. The molecule has 1 aromatic heterocycles. The number of aromatic nitrogens is 2. The number of rotatable bonds is 3. The number of hydrogen-bond acceptors (Lipinski definition) is 3. The summed E-state index contributed by atoms with van der Waals surface area (Å²) in [6.07, 6.45) is 0. The lowest BCUT2D eigenvalue weighted by Crippen LogP contribution is -2.47. The molecular weight excluding hydrogens is 271 g/mol. The van der Waals surface area contributed by atoms with E-state index < -0.39 is 7.92 Å². The SMILES string of the molecule is C[n+]1noc([O-])c1P(c1ccccc1)c1ccccc1. The van der Waals surface area contributed by atoms with Gasteiger partial charge < -0.3 is 9.63 Å². The fourth-order valence-electron chi connectivity index (χ4n) is 2.09. The van der Waals surface area contributed by atoms with Gasteiger partial charge in [-0.1, -0.05) is 65.3 Å². The van der Waals surface area contributed by atoms with Gasteiger partial charge in [-0.2, -0.15) is 0 Å². The maximum Gasteiger partial charge on any atom is 0.261 e. The fraction of sp³-hybridized carbons (Fsp3) is 0.0667. The summed E-state index contributed by atoms with van der Waals surface area (Å²) in [6.45, 7) is 0. The monoisotopic (exact) mass is 284 g/mol. The van der Waals surface area contributed by atoms with E-state index in [4.69, 9.17) is 4.52 Å². The highest BCUT2D eigenvalue weighted by Crippen LogP contribution is 2.33. The average molecular weight is 284 g/mol. The second-order valence-corrected chi connectivity index (χ2v) is 6.44. The third-order valence-corrected chi connectivity index (χ3v) is 5.50. The third-order valence-electron chi connectivity index (χ3n) is 2.98. The number of hydrogen-bond donors (Lipinski definition) is 0. The van der Waals surface area contributed by atoms with Crippen LogP contribution >= 0.6 is 7.92 Å². The van der Waals surface area contributed by atoms with Crippen LogP contribution in [0.3, 0.4) is 0 Å². The van der Waals surface area contributed by atoms with Crippen LogP contribution in [0, 0.1) is 0 Å². The maximum absolute atomic E-state index is 12.0. The van der Waals surface area contributed by atoms with Gasteiger partial charge in [-0.15, -0.1) is 0 Å². The molecule has 20 heavy (non-hydrogen) atoms. The molecule has 3 aromatic rings. The Balaban J connectivity index is 2.20. The van der Waals surface area contributed by atoms with Gasteiger partial charge in [0.1, 0.15) is 0 Å². The average Bonchev–Trinajstić information content (AvgIpc) is 2.82. The minimum atomic E-state index is -0.956. The topological polar surface area (TPSA) is 53.0 Å². The van der Waals surface area contributed by atoms with Gasteiger partial charge in [-0.05, 0) is 10.6 Å². The van der Waals surface area contributed by atoms with Crippen molar-refractivity contribution in [2.75, 3.05) is 0 Å². The van der Waals surface area contributed by atoms with E-state index >= 15 is 0 Å². The van der Waals surface area contributed by atoms with Crippen LogP contribution in [0.1, 0.15) is 0 Å². The molecule has 3 rings (SSSR count). The Morgan fingerprint density at radius 1 is 0.950 bits per heavy atom. The van der Waals surface area contributed by atoms with Crippen LogP contribution in [0.15, 0.2) is 65.2 Å². The van der Waals surface area contributed by atoms with Crippen LogP contribution in [-0.4, -0.2) is 5.27 Å². The Hall–Kier alpha value is -2.19. The minimum Gasteiger partial charge on any atom is -0.539 e. The van der Waals surface area contributed by atoms with Crippen molar-refractivity contribution in [1.82, 2.24) is 5.27 Å². The first-order valence-corrected chi connectivity index (χ1v) is 7.55. The summed E-state index contributed by atoms with van der Waals surface area (Å²) in [4.78, 5) is 0. The first kappa shape index (κ1) is 12.8. The normalized spacial score (nSPS) is 10.9. The second kappa shape index (κ2) is 5.43. The van der Waals surface area contributed by atoms with Crippen LogP contribution in [0.5, 0.6) is 5.95 Å². The molecule has 0 fully saturated rings. The van der Waals surface area contributed by atoms with Gasteiger partial charge in [0.15, 0.2) is 13.0 Å². The van der Waals surface area contributed by atoms with E-state index in [2.05, 4.69) is 5.27 Å². The summed E-state index contributed by atoms with van der Waals surface area (Å²) in [5, 5.41) is 17.9. The largest absolute Gasteiger partial charge is 0.539 e. The first-order valence-electron chi connectivity index (χ1n) is 6.20. The lowest BCUT2D eigenvalue weighted by Gasteiger charge is -2.14. The van der Waals surface area contributed by atoms with Crippen LogP contribution < -0.4 is 25.8 Å². The van der Waals surface area contributed by atoms with Crippen LogP contribution in [-0.2, 0) is 7.05 Å². The van der Waals surface area contributed by atoms with Gasteiger partial charge in [0.25, 0.3) is 5.44 Å². The standard InChI is InChI=1S/C15H13N2O2P/c1-17-14(15(18)19-16-17)20(12-8-4-2-5-9-12)13-10-6-3-7-11-13/h2-11H,1H3. The molecule has 0 spiro atoms. The molecule has 2 aromatic carbocycles. The van der Waals surface area contributed by atoms with Crippen molar-refractivity contribution in [3.05, 3.63) is 60.7 Å². The highest BCUT2D eigenvalue weighted by molar-refractivity contribution is 7.79. The van der Waals surface area contributed by atoms with Crippen molar-refractivity contribution < 1.29 is 14.3 Å². The lowest BCUT2D eigenvalue weighted by molar-refractivity contribution is -0.724. The summed E-state index contributed by atoms with van der Waals surface area (Å²) in [5.41, 5.74) is 0.595. The van der Waals surface area contributed by atoms with Gasteiger partial charge in [0.05, 0.1) is 13.2 Å². The van der Waals surface area contributed by atoms with Gasteiger partial charge in [0, 0.05) is 0 Å². The Morgan fingerprint density at radius 3 is 1.85 bits per heavy atom. The van der Waals surface area contributed by atoms with Crippen molar-refractivity contribution in [3.63, 3.8) is 0 Å². The molecule has 4 nitrogen and oxygen atoms in total. The summed E-state index contributed by atoms with van der Waals surface area (Å²) in [7, 11) is 0.781. The van der Waals surface area contributed by atoms with Gasteiger partial charge in [-0.25, -0.2) is 0 Å². The Morgan fingerprint density at radius 2 is 1.45 bits per heavy atom. The Bertz CT molecular complexity index is 639. The summed E-state index contributed by atoms with van der Waals surface area (Å²) >= 11 is 0. The molecule has 0 aliphatic rings. The highest BCUT2D eigenvalue weighted by atomic mass is 31.1. The molecule has 0 unspecified atom stereocenters. The predicted molar refractivity (Wildman–Crippen MR) is 75.8 cm³/mol. The quantitative estimate of drug-likeness (QED) is 0.514. The van der Waals surface area contributed by atoms with E-state index in [-0.39, 0.29) is 5.95 Å². The molecule has 0 atom stereocenters. The molecule has 0 saturated carbocycles. The van der Waals surface area contributed by atoms with Crippen molar-refractivity contribution in [1.29, 1.82) is 0 Å². The first-order chi connectivity index (χ1) is 9.77. The van der Waals surface area contributed by atoms with Crippen molar-refractivity contribution >= 4 is 24.0 Å². The number of nitrogens with zero attached hydrogens (tertiary/aromatic N) is 2. The highest BCUT2D eigenvalue weighted by Gasteiger charge is 2.28. The second-order valence-electron chi connectivity index (χ2n) is 4.31. The molecule has 0 amide bonds. The maximum atomic E-state index is 12.0. The molecule has 1 heterocycles. The molecule has 5 heteroatoms. The molecule has 0 radical (unpaired) electrons. The Kier molecular flexibility index (Phi) is 3.48. The zero-order valence-corrected chi connectivity index (χ0v) is 11.8. The minimum absolute atomic E-state index is 0.369. The van der Waals surface area contributed by atoms with E-state index in [1.807, 2.05) is 60.7 Å². The van der Waals surface area contributed by atoms with Crippen molar-refractivity contribution in [3.8, 4) is 5.95 Å². The van der Waals surface area contributed by atoms with E-state index in [0.717, 1.165) is 10.6 Å². The smallest absolute Gasteiger partial charge is 0.261 e. The van der Waals surface area contributed by atoms with E-state index in [0.29, 0.717) is 5.44 Å². The van der Waals surface area contributed by atoms with E-state index in [9.17, 15) is 5.11 Å². The fourth-order valence-corrected chi connectivity index (χ4v) is 4.37. The zero-order chi connectivity index (χ0) is 13.9. The summed E-state index contributed by atoms with van der Waals surface area (Å²) in [6, 6.07) is 20.0. The van der Waals surface area contributed by atoms with Gasteiger partial charge in [-0.3, -0.25) is 0 Å². The molecule has 0 N–H and O–H groups in total. The van der Waals surface area contributed by atoms with Crippen LogP contribution in [0.25, 0.3) is 0 Å². The zero-order valence-electron chi connectivity index (χ0n) is 10.9. The van der Waals surface area contributed by atoms with Gasteiger partial charge in [0.2, 0.25) is 0 Å². The number of aryl methyl sites for hydroxylation is 1. The summed E-state index contributed by atoms with van der Waals surface area (Å²) < 4.78 is 6.33. The molecule has 0 bridgehead atoms. The lowest BCUT2D eigenvalue weighted by atomic mass is 10.4. The van der Waals surface area contributed by atoms with E-state index in [1.54, 1.807) is 7.05 Å². The van der Waals surface area contributed by atoms with Crippen LogP contribution in [0.2, 0.25) is 0 Å². The summed E-state index contributed by atoms with van der Waals surface area (Å²) in [5.74, 6) is -0.369. The molecular formula is C15H13N2O2P. The number of benzene rings is 2. The molecule has 0 saturated heterocycles. The Labute approximate surface area is 118 Å². The molecule has 0 aliphatic heterocycles. The van der Waals surface area contributed by atoms with Crippen molar-refractivity contribution in [2.45, 2.75) is 0 Å². The van der Waals surface area contributed by atoms with Crippen molar-refractivity contribution in [2.24, 2.45) is 7.05 Å². The van der Waals surface area contributed by atoms with Crippen LogP contribution in [0.4, 0.5) is 0 Å². The van der Waals surface area contributed by atoms with Gasteiger partial charge >= 0.3 is 0 Å². The molecule has 0 aliphatic carbocycles. The van der Waals surface area contributed by atoms with E-state index in [1.165, 1.54) is 4.68 Å². The predicted octanol–water partition coefficient (Wildman–Crippen LogP) is 0.331. The molecule has 100 valence electrons.